The molecular formula is C24H15ClF3N3OS. The molecule has 0 saturated heterocycles. The van der Waals surface area contributed by atoms with Gasteiger partial charge < -0.3 is 5.32 Å². The number of hydrogen-bond donors (Lipinski definition) is 1. The Labute approximate surface area is 196 Å². The molecule has 3 aromatic carbocycles. The molecule has 0 aliphatic heterocycles. The molecule has 4 nitrogen and oxygen atoms in total. The van der Waals surface area contributed by atoms with Crippen molar-refractivity contribution < 1.29 is 18.0 Å². The first kappa shape index (κ1) is 22.8. The van der Waals surface area contributed by atoms with Gasteiger partial charge in [0.15, 0.2) is 5.82 Å². The van der Waals surface area contributed by atoms with Crippen LogP contribution in [0.3, 0.4) is 0 Å². The molecule has 0 unspecified atom stereocenters. The predicted molar refractivity (Wildman–Crippen MR) is 122 cm³/mol. The topological polar surface area (TPSA) is 54.9 Å². The Morgan fingerprint density at radius 2 is 1.67 bits per heavy atom. The molecule has 33 heavy (non-hydrogen) atoms. The molecule has 0 bridgehead atoms. The summed E-state index contributed by atoms with van der Waals surface area (Å²) in [6, 6.07) is 20.7. The van der Waals surface area contributed by atoms with Crippen LogP contribution in [0.15, 0.2) is 95.0 Å². The number of hydrogen-bond acceptors (Lipinski definition) is 4. The van der Waals surface area contributed by atoms with E-state index in [2.05, 4.69) is 15.3 Å². The summed E-state index contributed by atoms with van der Waals surface area (Å²) >= 11 is 7.19. The summed E-state index contributed by atoms with van der Waals surface area (Å²) < 4.78 is 39.1. The fourth-order valence-corrected chi connectivity index (χ4v) is 3.92. The molecule has 4 rings (SSSR count). The third-order valence-electron chi connectivity index (χ3n) is 4.51. The fourth-order valence-electron chi connectivity index (χ4n) is 2.91. The van der Waals surface area contributed by atoms with Crippen molar-refractivity contribution in [2.24, 2.45) is 0 Å². The van der Waals surface area contributed by atoms with E-state index < -0.39 is 17.6 Å². The summed E-state index contributed by atoms with van der Waals surface area (Å²) in [6.07, 6.45) is -3.15. The molecule has 0 aliphatic carbocycles. The molecular weight excluding hydrogens is 471 g/mol. The second-order valence-corrected chi connectivity index (χ2v) is 8.37. The number of carbonyl (C=O) groups is 1. The number of amides is 1. The largest absolute Gasteiger partial charge is 0.416 e. The Bertz CT molecular complexity index is 1280. The van der Waals surface area contributed by atoms with Gasteiger partial charge in [-0.1, -0.05) is 59.8 Å². The lowest BCUT2D eigenvalue weighted by molar-refractivity contribution is -0.137. The van der Waals surface area contributed by atoms with Crippen LogP contribution in [-0.2, 0) is 6.18 Å². The predicted octanol–water partition coefficient (Wildman–Crippen LogP) is 7.22. The SMILES string of the molecule is O=C(Nc1cccc(C(F)(F)F)c1)c1cnc(-c2ccccc2)nc1Sc1ccc(Cl)cc1. The first-order valence-electron chi connectivity index (χ1n) is 9.64. The molecule has 1 aromatic heterocycles. The number of halogens is 4. The maximum atomic E-state index is 13.0. The Hall–Kier alpha value is -3.36. The standard InChI is InChI=1S/C24H15ClF3N3OS/c25-17-9-11-19(12-10-17)33-23-20(14-29-21(31-23)15-5-2-1-3-6-15)22(32)30-18-8-4-7-16(13-18)24(26,27)28/h1-14H,(H,30,32). The van der Waals surface area contributed by atoms with Crippen molar-refractivity contribution in [2.75, 3.05) is 5.32 Å². The van der Waals surface area contributed by atoms with Crippen LogP contribution in [0.5, 0.6) is 0 Å². The smallest absolute Gasteiger partial charge is 0.322 e. The minimum atomic E-state index is -4.52. The molecule has 0 spiro atoms. The monoisotopic (exact) mass is 485 g/mol. The van der Waals surface area contributed by atoms with Gasteiger partial charge in [-0.2, -0.15) is 13.2 Å². The van der Waals surface area contributed by atoms with Crippen molar-refractivity contribution in [3.05, 3.63) is 101 Å². The van der Waals surface area contributed by atoms with Crippen LogP contribution in [0.4, 0.5) is 18.9 Å². The highest BCUT2D eigenvalue weighted by molar-refractivity contribution is 7.99. The van der Waals surface area contributed by atoms with Crippen LogP contribution in [-0.4, -0.2) is 15.9 Å². The maximum Gasteiger partial charge on any atom is 0.416 e. The number of benzene rings is 3. The van der Waals surface area contributed by atoms with E-state index >= 15 is 0 Å². The first-order valence-corrected chi connectivity index (χ1v) is 10.8. The van der Waals surface area contributed by atoms with E-state index in [-0.39, 0.29) is 11.3 Å². The van der Waals surface area contributed by atoms with Crippen LogP contribution in [0.2, 0.25) is 5.02 Å². The molecule has 0 saturated carbocycles. The minimum Gasteiger partial charge on any atom is -0.322 e. The molecule has 0 aliphatic rings. The molecule has 166 valence electrons. The Balaban J connectivity index is 1.68. The third kappa shape index (κ3) is 5.71. The van der Waals surface area contributed by atoms with Crippen molar-refractivity contribution in [1.29, 1.82) is 0 Å². The molecule has 0 radical (unpaired) electrons. The summed E-state index contributed by atoms with van der Waals surface area (Å²) in [5, 5.41) is 3.43. The highest BCUT2D eigenvalue weighted by Gasteiger charge is 2.30. The van der Waals surface area contributed by atoms with Crippen molar-refractivity contribution in [2.45, 2.75) is 16.1 Å². The van der Waals surface area contributed by atoms with Gasteiger partial charge in [0.2, 0.25) is 0 Å². The zero-order valence-corrected chi connectivity index (χ0v) is 18.4. The first-order chi connectivity index (χ1) is 15.8. The van der Waals surface area contributed by atoms with Gasteiger partial charge >= 0.3 is 6.18 Å². The summed E-state index contributed by atoms with van der Waals surface area (Å²) in [5.74, 6) is -0.201. The molecule has 1 N–H and O–H groups in total. The number of aromatic nitrogens is 2. The molecule has 4 aromatic rings. The number of rotatable bonds is 5. The van der Waals surface area contributed by atoms with Gasteiger partial charge in [0, 0.05) is 27.4 Å². The van der Waals surface area contributed by atoms with E-state index in [1.54, 1.807) is 24.3 Å². The summed E-state index contributed by atoms with van der Waals surface area (Å²) in [5.41, 5.74) is 0.0588. The highest BCUT2D eigenvalue weighted by atomic mass is 35.5. The fraction of sp³-hybridized carbons (Fsp3) is 0.0417. The lowest BCUT2D eigenvalue weighted by atomic mass is 10.2. The summed E-state index contributed by atoms with van der Waals surface area (Å²) in [6.45, 7) is 0. The zero-order chi connectivity index (χ0) is 23.4. The average molecular weight is 486 g/mol. The second-order valence-electron chi connectivity index (χ2n) is 6.87. The van der Waals surface area contributed by atoms with E-state index in [1.165, 1.54) is 30.1 Å². The van der Waals surface area contributed by atoms with Crippen molar-refractivity contribution in [1.82, 2.24) is 9.97 Å². The number of nitrogens with zero attached hydrogens (tertiary/aromatic N) is 2. The Kier molecular flexibility index (Phi) is 6.67. The quantitative estimate of drug-likeness (QED) is 0.303. The van der Waals surface area contributed by atoms with Crippen LogP contribution in [0, 0.1) is 0 Å². The summed E-state index contributed by atoms with van der Waals surface area (Å²) in [7, 11) is 0. The van der Waals surface area contributed by atoms with Gasteiger partial charge in [0.05, 0.1) is 11.1 Å². The normalized spacial score (nSPS) is 11.3. The van der Waals surface area contributed by atoms with Gasteiger partial charge in [0.1, 0.15) is 5.03 Å². The van der Waals surface area contributed by atoms with Crippen LogP contribution < -0.4 is 5.32 Å². The molecule has 1 heterocycles. The molecule has 1 amide bonds. The van der Waals surface area contributed by atoms with E-state index in [0.717, 1.165) is 22.6 Å². The molecule has 9 heteroatoms. The lowest BCUT2D eigenvalue weighted by Crippen LogP contribution is -2.15. The van der Waals surface area contributed by atoms with Crippen molar-refractivity contribution in [3.63, 3.8) is 0 Å². The van der Waals surface area contributed by atoms with Gasteiger partial charge in [-0.3, -0.25) is 4.79 Å². The lowest BCUT2D eigenvalue weighted by Gasteiger charge is -2.12. The third-order valence-corrected chi connectivity index (χ3v) is 5.77. The molecule has 0 atom stereocenters. The van der Waals surface area contributed by atoms with Gasteiger partial charge in [-0.15, -0.1) is 0 Å². The minimum absolute atomic E-state index is 0.0180. The maximum absolute atomic E-state index is 13.0. The van der Waals surface area contributed by atoms with E-state index in [0.29, 0.717) is 15.9 Å². The number of nitrogens with one attached hydrogen (secondary N) is 1. The number of carbonyl (C=O) groups excluding carboxylic acids is 1. The van der Waals surface area contributed by atoms with Crippen molar-refractivity contribution in [3.8, 4) is 11.4 Å². The van der Waals surface area contributed by atoms with E-state index in [4.69, 9.17) is 11.6 Å². The van der Waals surface area contributed by atoms with Gasteiger partial charge in [-0.05, 0) is 42.5 Å². The Morgan fingerprint density at radius 3 is 2.36 bits per heavy atom. The van der Waals surface area contributed by atoms with E-state index in [1.807, 2.05) is 30.3 Å². The van der Waals surface area contributed by atoms with Crippen LogP contribution in [0.1, 0.15) is 15.9 Å². The number of anilines is 1. The molecule has 0 fully saturated rings. The van der Waals surface area contributed by atoms with Crippen LogP contribution >= 0.6 is 23.4 Å². The zero-order valence-electron chi connectivity index (χ0n) is 16.8. The van der Waals surface area contributed by atoms with Gasteiger partial charge in [0.25, 0.3) is 5.91 Å². The second kappa shape index (κ2) is 9.64. The van der Waals surface area contributed by atoms with Crippen molar-refractivity contribution >= 4 is 35.0 Å². The van der Waals surface area contributed by atoms with E-state index in [9.17, 15) is 18.0 Å². The Morgan fingerprint density at radius 1 is 0.939 bits per heavy atom. The summed E-state index contributed by atoms with van der Waals surface area (Å²) in [4.78, 5) is 22.6. The van der Waals surface area contributed by atoms with Gasteiger partial charge in [-0.25, -0.2) is 9.97 Å². The highest BCUT2D eigenvalue weighted by Crippen LogP contribution is 2.33. The van der Waals surface area contributed by atoms with Crippen LogP contribution in [0.25, 0.3) is 11.4 Å². The number of alkyl halides is 3. The average Bonchev–Trinajstić information content (AvgIpc) is 2.81.